The van der Waals surface area contributed by atoms with Crippen molar-refractivity contribution in [3.8, 4) is 0 Å². The summed E-state index contributed by atoms with van der Waals surface area (Å²) >= 11 is 0. The van der Waals surface area contributed by atoms with Crippen molar-refractivity contribution in [3.63, 3.8) is 0 Å². The molecule has 0 saturated heterocycles. The van der Waals surface area contributed by atoms with Crippen molar-refractivity contribution < 1.29 is 14.7 Å². The molecule has 1 aromatic carbocycles. The number of carbonyl (C=O) groups is 2. The van der Waals surface area contributed by atoms with Crippen molar-refractivity contribution in [1.82, 2.24) is 5.32 Å². The van der Waals surface area contributed by atoms with Crippen molar-refractivity contribution in [2.75, 3.05) is 18.5 Å². The van der Waals surface area contributed by atoms with Gasteiger partial charge in [0.15, 0.2) is 5.78 Å². The molecule has 1 saturated carbocycles. The number of ketones is 1. The minimum atomic E-state index is -0.255. The van der Waals surface area contributed by atoms with E-state index in [4.69, 9.17) is 0 Å². The number of urea groups is 1. The quantitative estimate of drug-likeness (QED) is 0.729. The van der Waals surface area contributed by atoms with Crippen LogP contribution in [0.25, 0.3) is 0 Å². The molecular weight excluding hydrogens is 268 g/mol. The lowest BCUT2D eigenvalue weighted by molar-refractivity contribution is 0.101. The lowest BCUT2D eigenvalue weighted by Gasteiger charge is -2.18. The van der Waals surface area contributed by atoms with Gasteiger partial charge in [0.2, 0.25) is 0 Å². The molecule has 114 valence electrons. The zero-order chi connectivity index (χ0) is 15.2. The largest absolute Gasteiger partial charge is 0.396 e. The Hall–Kier alpha value is -1.88. The van der Waals surface area contributed by atoms with Crippen LogP contribution in [0.2, 0.25) is 0 Å². The van der Waals surface area contributed by atoms with Crippen molar-refractivity contribution in [3.05, 3.63) is 29.8 Å². The van der Waals surface area contributed by atoms with Crippen molar-refractivity contribution in [2.24, 2.45) is 11.8 Å². The molecule has 1 fully saturated rings. The Morgan fingerprint density at radius 1 is 1.19 bits per heavy atom. The summed E-state index contributed by atoms with van der Waals surface area (Å²) in [6.07, 6.45) is 3.21. The van der Waals surface area contributed by atoms with Crippen molar-refractivity contribution >= 4 is 17.5 Å². The van der Waals surface area contributed by atoms with Crippen molar-refractivity contribution in [1.29, 1.82) is 0 Å². The average Bonchev–Trinajstić information content (AvgIpc) is 2.93. The van der Waals surface area contributed by atoms with E-state index in [0.29, 0.717) is 29.6 Å². The highest BCUT2D eigenvalue weighted by molar-refractivity contribution is 5.95. The molecule has 0 bridgehead atoms. The van der Waals surface area contributed by atoms with Crippen LogP contribution < -0.4 is 10.6 Å². The third kappa shape index (κ3) is 4.29. The Morgan fingerprint density at radius 3 is 2.48 bits per heavy atom. The van der Waals surface area contributed by atoms with Gasteiger partial charge in [-0.3, -0.25) is 4.79 Å². The summed E-state index contributed by atoms with van der Waals surface area (Å²) in [5.74, 6) is 0.670. The molecule has 1 aliphatic rings. The van der Waals surface area contributed by atoms with E-state index in [1.165, 1.54) is 6.92 Å². The number of Topliss-reactive ketones (excluding diaryl/α,β-unsaturated/α-hetero) is 1. The van der Waals surface area contributed by atoms with Gasteiger partial charge in [0.25, 0.3) is 0 Å². The third-order valence-electron chi connectivity index (χ3n) is 4.13. The fourth-order valence-corrected chi connectivity index (χ4v) is 2.81. The Morgan fingerprint density at radius 2 is 1.86 bits per heavy atom. The molecule has 1 aromatic rings. The lowest BCUT2D eigenvalue weighted by atomic mass is 9.97. The maximum absolute atomic E-state index is 11.8. The zero-order valence-electron chi connectivity index (χ0n) is 12.3. The van der Waals surface area contributed by atoms with Gasteiger partial charge in [-0.15, -0.1) is 0 Å². The predicted molar refractivity (Wildman–Crippen MR) is 81.4 cm³/mol. The Kier molecular flexibility index (Phi) is 5.33. The van der Waals surface area contributed by atoms with E-state index in [1.807, 2.05) is 0 Å². The van der Waals surface area contributed by atoms with Crippen LogP contribution in [0, 0.1) is 11.8 Å². The van der Waals surface area contributed by atoms with Crippen LogP contribution in [-0.4, -0.2) is 30.1 Å². The molecule has 3 N–H and O–H groups in total. The van der Waals surface area contributed by atoms with E-state index in [2.05, 4.69) is 10.6 Å². The van der Waals surface area contributed by atoms with Crippen LogP contribution in [0.15, 0.2) is 24.3 Å². The summed E-state index contributed by atoms with van der Waals surface area (Å²) in [5, 5.41) is 14.8. The minimum absolute atomic E-state index is 0.00211. The standard InChI is InChI=1S/C16H22N2O3/c1-11(20)12-5-7-15(8-6-12)18-16(21)17-9-13-3-2-4-14(13)10-19/h5-8,13-14,19H,2-4,9-10H2,1H3,(H2,17,18,21). The summed E-state index contributed by atoms with van der Waals surface area (Å²) in [6, 6.07) is 6.55. The van der Waals surface area contributed by atoms with Crippen LogP contribution >= 0.6 is 0 Å². The van der Waals surface area contributed by atoms with Gasteiger partial charge in [0, 0.05) is 24.4 Å². The van der Waals surface area contributed by atoms with Crippen LogP contribution in [0.4, 0.5) is 10.5 Å². The first-order valence-electron chi connectivity index (χ1n) is 7.37. The van der Waals surface area contributed by atoms with Crippen LogP contribution in [0.3, 0.4) is 0 Å². The summed E-state index contributed by atoms with van der Waals surface area (Å²) in [5.41, 5.74) is 1.28. The van der Waals surface area contributed by atoms with Gasteiger partial charge < -0.3 is 15.7 Å². The van der Waals surface area contributed by atoms with E-state index in [1.54, 1.807) is 24.3 Å². The van der Waals surface area contributed by atoms with Gasteiger partial charge in [0.05, 0.1) is 0 Å². The minimum Gasteiger partial charge on any atom is -0.396 e. The smallest absolute Gasteiger partial charge is 0.319 e. The maximum atomic E-state index is 11.8. The van der Waals surface area contributed by atoms with E-state index < -0.39 is 0 Å². The van der Waals surface area contributed by atoms with Gasteiger partial charge in [-0.2, -0.15) is 0 Å². The van der Waals surface area contributed by atoms with Crippen LogP contribution in [-0.2, 0) is 0 Å². The highest BCUT2D eigenvalue weighted by atomic mass is 16.3. The molecule has 21 heavy (non-hydrogen) atoms. The number of hydrogen-bond acceptors (Lipinski definition) is 3. The molecular formula is C16H22N2O3. The monoisotopic (exact) mass is 290 g/mol. The molecule has 2 rings (SSSR count). The van der Waals surface area contributed by atoms with E-state index in [0.717, 1.165) is 19.3 Å². The molecule has 0 heterocycles. The van der Waals surface area contributed by atoms with E-state index in [9.17, 15) is 14.7 Å². The highest BCUT2D eigenvalue weighted by Gasteiger charge is 2.26. The Bertz CT molecular complexity index is 499. The van der Waals surface area contributed by atoms with Gasteiger partial charge in [-0.05, 0) is 55.9 Å². The summed E-state index contributed by atoms with van der Waals surface area (Å²) in [6.45, 7) is 2.29. The molecule has 1 aliphatic carbocycles. The number of aliphatic hydroxyl groups excluding tert-OH is 1. The number of carbonyl (C=O) groups excluding carboxylic acids is 2. The third-order valence-corrected chi connectivity index (χ3v) is 4.13. The number of hydrogen-bond donors (Lipinski definition) is 3. The molecule has 0 aliphatic heterocycles. The number of amides is 2. The Labute approximate surface area is 124 Å². The molecule has 5 heteroatoms. The summed E-state index contributed by atoms with van der Waals surface area (Å²) < 4.78 is 0. The lowest BCUT2D eigenvalue weighted by Crippen LogP contribution is -2.34. The molecule has 2 atom stereocenters. The highest BCUT2D eigenvalue weighted by Crippen LogP contribution is 2.30. The molecule has 2 amide bonds. The summed E-state index contributed by atoms with van der Waals surface area (Å²) in [7, 11) is 0. The Balaban J connectivity index is 1.80. The molecule has 0 radical (unpaired) electrons. The van der Waals surface area contributed by atoms with Crippen LogP contribution in [0.5, 0.6) is 0 Å². The second kappa shape index (κ2) is 7.22. The average molecular weight is 290 g/mol. The van der Waals surface area contributed by atoms with Gasteiger partial charge in [-0.25, -0.2) is 4.79 Å². The van der Waals surface area contributed by atoms with Gasteiger partial charge in [0.1, 0.15) is 0 Å². The summed E-state index contributed by atoms with van der Waals surface area (Å²) in [4.78, 5) is 23.0. The first-order valence-corrected chi connectivity index (χ1v) is 7.37. The number of rotatable bonds is 5. The van der Waals surface area contributed by atoms with Gasteiger partial charge >= 0.3 is 6.03 Å². The first kappa shape index (κ1) is 15.5. The van der Waals surface area contributed by atoms with E-state index >= 15 is 0 Å². The topological polar surface area (TPSA) is 78.4 Å². The first-order chi connectivity index (χ1) is 10.1. The maximum Gasteiger partial charge on any atom is 0.319 e. The second-order valence-electron chi connectivity index (χ2n) is 5.60. The molecule has 0 aromatic heterocycles. The van der Waals surface area contributed by atoms with E-state index in [-0.39, 0.29) is 18.4 Å². The van der Waals surface area contributed by atoms with Crippen molar-refractivity contribution in [2.45, 2.75) is 26.2 Å². The fourth-order valence-electron chi connectivity index (χ4n) is 2.81. The number of benzene rings is 1. The molecule has 5 nitrogen and oxygen atoms in total. The van der Waals surface area contributed by atoms with Gasteiger partial charge in [-0.1, -0.05) is 6.42 Å². The second-order valence-corrected chi connectivity index (χ2v) is 5.60. The van der Waals surface area contributed by atoms with Crippen LogP contribution in [0.1, 0.15) is 36.5 Å². The normalized spacial score (nSPS) is 21.0. The predicted octanol–water partition coefficient (Wildman–Crippen LogP) is 2.42. The molecule has 0 spiro atoms. The number of anilines is 1. The zero-order valence-corrected chi connectivity index (χ0v) is 12.3. The SMILES string of the molecule is CC(=O)c1ccc(NC(=O)NCC2CCCC2CO)cc1. The molecule has 2 unspecified atom stereocenters. The number of nitrogens with one attached hydrogen (secondary N) is 2. The fraction of sp³-hybridized carbons (Fsp3) is 0.500. The number of aliphatic hydroxyl groups is 1.